The average Bonchev–Trinajstić information content (AvgIpc) is 2.98. The number of nitriles is 3. The van der Waals surface area contributed by atoms with Crippen molar-refractivity contribution in [3.05, 3.63) is 142 Å². The molecular formula is C33H17N3O2. The molecule has 38 heavy (non-hydrogen) atoms. The van der Waals surface area contributed by atoms with Gasteiger partial charge in [0.1, 0.15) is 0 Å². The first-order chi connectivity index (χ1) is 18.5. The third kappa shape index (κ3) is 4.20. The second-order valence-corrected chi connectivity index (χ2v) is 8.59. The minimum atomic E-state index is -0.350. The van der Waals surface area contributed by atoms with Crippen LogP contribution in [0.15, 0.2) is 103 Å². The number of Topliss-reactive ketones (excluding diaryl/α,β-unsaturated/α-hetero) is 2. The lowest BCUT2D eigenvalue weighted by Crippen LogP contribution is -2.22. The molecule has 5 heteroatoms. The van der Waals surface area contributed by atoms with E-state index in [1.54, 1.807) is 97.1 Å². The van der Waals surface area contributed by atoms with Crippen LogP contribution < -0.4 is 0 Å². The normalized spacial score (nSPS) is 13.1. The van der Waals surface area contributed by atoms with Gasteiger partial charge in [0.2, 0.25) is 0 Å². The molecule has 176 valence electrons. The largest absolute Gasteiger partial charge is 0.289 e. The molecule has 0 fully saturated rings. The fraction of sp³-hybridized carbons (Fsp3) is 0. The highest BCUT2D eigenvalue weighted by Gasteiger charge is 2.37. The van der Waals surface area contributed by atoms with Gasteiger partial charge in [-0.3, -0.25) is 9.59 Å². The summed E-state index contributed by atoms with van der Waals surface area (Å²) in [5.41, 5.74) is 4.35. The lowest BCUT2D eigenvalue weighted by atomic mass is 9.74. The van der Waals surface area contributed by atoms with E-state index in [0.717, 1.165) is 0 Å². The Labute approximate surface area is 219 Å². The first-order valence-corrected chi connectivity index (χ1v) is 11.7. The maximum Gasteiger partial charge on any atom is 0.195 e. The summed E-state index contributed by atoms with van der Waals surface area (Å²) < 4.78 is 0. The highest BCUT2D eigenvalue weighted by Crippen LogP contribution is 2.43. The molecular weight excluding hydrogens is 470 g/mol. The summed E-state index contributed by atoms with van der Waals surface area (Å²) in [7, 11) is 0. The summed E-state index contributed by atoms with van der Waals surface area (Å²) in [5, 5.41) is 27.8. The van der Waals surface area contributed by atoms with E-state index in [-0.39, 0.29) is 33.9 Å². The van der Waals surface area contributed by atoms with Crippen LogP contribution >= 0.6 is 0 Å². The van der Waals surface area contributed by atoms with Gasteiger partial charge in [-0.25, -0.2) is 0 Å². The van der Waals surface area contributed by atoms with Gasteiger partial charge in [-0.1, -0.05) is 66.7 Å². The molecule has 0 saturated carbocycles. The summed E-state index contributed by atoms with van der Waals surface area (Å²) in [5.74, 6) is -0.684. The van der Waals surface area contributed by atoms with E-state index in [9.17, 15) is 25.4 Å². The zero-order valence-corrected chi connectivity index (χ0v) is 20.0. The number of carbonyl (C=O) groups excluding carboxylic acids is 2. The molecule has 5 rings (SSSR count). The third-order valence-corrected chi connectivity index (χ3v) is 6.38. The van der Waals surface area contributed by atoms with E-state index in [4.69, 9.17) is 0 Å². The predicted molar refractivity (Wildman–Crippen MR) is 144 cm³/mol. The number of benzene rings is 4. The number of hydrogen-bond donors (Lipinski definition) is 0. The molecule has 4 aromatic rings. The summed E-state index contributed by atoms with van der Waals surface area (Å²) in [6.07, 6.45) is 0. The van der Waals surface area contributed by atoms with Crippen molar-refractivity contribution in [2.75, 3.05) is 0 Å². The van der Waals surface area contributed by atoms with Gasteiger partial charge in [-0.05, 0) is 58.7 Å². The van der Waals surface area contributed by atoms with Crippen LogP contribution in [0.25, 0.3) is 22.3 Å². The van der Waals surface area contributed by atoms with Crippen molar-refractivity contribution in [2.24, 2.45) is 0 Å². The molecule has 1 aliphatic rings. The summed E-state index contributed by atoms with van der Waals surface area (Å²) >= 11 is 0. The maximum absolute atomic E-state index is 14.4. The van der Waals surface area contributed by atoms with Crippen molar-refractivity contribution in [3.8, 4) is 18.2 Å². The van der Waals surface area contributed by atoms with Crippen molar-refractivity contribution < 1.29 is 9.59 Å². The van der Waals surface area contributed by atoms with Gasteiger partial charge in [-0.2, -0.15) is 15.8 Å². The monoisotopic (exact) mass is 487 g/mol. The van der Waals surface area contributed by atoms with Crippen LogP contribution in [0.4, 0.5) is 0 Å². The molecule has 0 amide bonds. The van der Waals surface area contributed by atoms with Gasteiger partial charge >= 0.3 is 0 Å². The molecule has 0 atom stereocenters. The fourth-order valence-electron chi connectivity index (χ4n) is 4.54. The predicted octanol–water partition coefficient (Wildman–Crippen LogP) is 5.98. The molecule has 0 aromatic heterocycles. The first-order valence-electron chi connectivity index (χ1n) is 11.7. The van der Waals surface area contributed by atoms with Crippen LogP contribution in [0.3, 0.4) is 0 Å². The number of nitrogens with zero attached hydrogens (tertiary/aromatic N) is 3. The quantitative estimate of drug-likeness (QED) is 0.330. The van der Waals surface area contributed by atoms with Gasteiger partial charge in [0.05, 0.1) is 34.9 Å². The standard InChI is InChI=1S/C33H17N3O2/c34-18-21-6-12-25(13-7-21)29-28(24-4-2-1-3-5-24)32(37)30(26-14-8-22(19-35)9-15-26)31(33(29)38)27-16-10-23(20-36)11-17-27/h1-17H. The highest BCUT2D eigenvalue weighted by atomic mass is 16.1. The van der Waals surface area contributed by atoms with Crippen LogP contribution in [-0.4, -0.2) is 11.6 Å². The molecule has 0 bridgehead atoms. The second-order valence-electron chi connectivity index (χ2n) is 8.59. The smallest absolute Gasteiger partial charge is 0.195 e. The Morgan fingerprint density at radius 3 is 0.895 bits per heavy atom. The Kier molecular flexibility index (Phi) is 6.31. The van der Waals surface area contributed by atoms with E-state index in [2.05, 4.69) is 18.2 Å². The summed E-state index contributed by atoms with van der Waals surface area (Å²) in [4.78, 5) is 28.8. The Balaban J connectivity index is 1.83. The molecule has 0 radical (unpaired) electrons. The highest BCUT2D eigenvalue weighted by molar-refractivity contribution is 6.66. The zero-order chi connectivity index (χ0) is 26.6. The van der Waals surface area contributed by atoms with Crippen LogP contribution in [0.1, 0.15) is 38.9 Å². The lowest BCUT2D eigenvalue weighted by molar-refractivity contribution is -0.111. The Morgan fingerprint density at radius 1 is 0.368 bits per heavy atom. The summed E-state index contributed by atoms with van der Waals surface area (Å²) in [6.45, 7) is 0. The maximum atomic E-state index is 14.4. The van der Waals surface area contributed by atoms with Gasteiger partial charge < -0.3 is 0 Å². The Hall–Kier alpha value is -5.83. The van der Waals surface area contributed by atoms with Crippen molar-refractivity contribution >= 4 is 33.9 Å². The van der Waals surface area contributed by atoms with Crippen LogP contribution in [0.5, 0.6) is 0 Å². The molecule has 0 heterocycles. The molecule has 0 N–H and O–H groups in total. The SMILES string of the molecule is N#Cc1ccc(C2=C(c3ccccc3)C(=O)C(c3ccc(C#N)cc3)=C(c3ccc(C#N)cc3)C2=O)cc1. The molecule has 4 aromatic carbocycles. The van der Waals surface area contributed by atoms with Gasteiger partial charge in [0, 0.05) is 22.3 Å². The fourth-order valence-corrected chi connectivity index (χ4v) is 4.54. The van der Waals surface area contributed by atoms with Crippen molar-refractivity contribution in [1.29, 1.82) is 15.8 Å². The first kappa shape index (κ1) is 23.9. The molecule has 0 aliphatic heterocycles. The van der Waals surface area contributed by atoms with E-state index < -0.39 is 0 Å². The van der Waals surface area contributed by atoms with Crippen LogP contribution in [0.2, 0.25) is 0 Å². The number of carbonyl (C=O) groups is 2. The van der Waals surface area contributed by atoms with Gasteiger partial charge in [0.25, 0.3) is 0 Å². The van der Waals surface area contributed by atoms with Gasteiger partial charge in [-0.15, -0.1) is 0 Å². The number of allylic oxidation sites excluding steroid dienone is 4. The molecule has 0 spiro atoms. The van der Waals surface area contributed by atoms with Gasteiger partial charge in [0.15, 0.2) is 11.6 Å². The molecule has 5 nitrogen and oxygen atoms in total. The van der Waals surface area contributed by atoms with Crippen molar-refractivity contribution in [2.45, 2.75) is 0 Å². The average molecular weight is 488 g/mol. The zero-order valence-electron chi connectivity index (χ0n) is 20.0. The summed E-state index contributed by atoms with van der Waals surface area (Å²) in [6, 6.07) is 34.9. The van der Waals surface area contributed by atoms with Crippen molar-refractivity contribution in [1.82, 2.24) is 0 Å². The van der Waals surface area contributed by atoms with E-state index >= 15 is 0 Å². The second kappa shape index (κ2) is 10.0. The number of ketones is 2. The van der Waals surface area contributed by atoms with E-state index in [1.165, 1.54) is 0 Å². The Morgan fingerprint density at radius 2 is 0.632 bits per heavy atom. The molecule has 0 saturated heterocycles. The Bertz CT molecular complexity index is 1770. The van der Waals surface area contributed by atoms with E-state index in [1.807, 2.05) is 6.07 Å². The number of rotatable bonds is 4. The van der Waals surface area contributed by atoms with Crippen molar-refractivity contribution in [3.63, 3.8) is 0 Å². The lowest BCUT2D eigenvalue weighted by Gasteiger charge is -2.25. The van der Waals surface area contributed by atoms with Crippen LogP contribution in [0, 0.1) is 34.0 Å². The minimum absolute atomic E-state index is 0.211. The molecule has 0 unspecified atom stereocenters. The molecule has 1 aliphatic carbocycles. The topological polar surface area (TPSA) is 106 Å². The minimum Gasteiger partial charge on any atom is -0.289 e. The third-order valence-electron chi connectivity index (χ3n) is 6.38. The van der Waals surface area contributed by atoms with E-state index in [0.29, 0.717) is 38.9 Å². The number of hydrogen-bond acceptors (Lipinski definition) is 5. The van der Waals surface area contributed by atoms with Crippen LogP contribution in [-0.2, 0) is 9.59 Å².